The molecule has 9 heteroatoms. The predicted octanol–water partition coefficient (Wildman–Crippen LogP) is 3.72. The number of carbonyl (C=O) groups is 1. The summed E-state index contributed by atoms with van der Waals surface area (Å²) in [4.78, 5) is 13.6. The second kappa shape index (κ2) is 7.55. The summed E-state index contributed by atoms with van der Waals surface area (Å²) in [5, 5.41) is 4.07. The van der Waals surface area contributed by atoms with Crippen LogP contribution in [0.25, 0.3) is 0 Å². The molecule has 0 saturated heterocycles. The molecule has 0 N–H and O–H groups in total. The molecule has 0 spiro atoms. The van der Waals surface area contributed by atoms with Crippen LogP contribution in [0.15, 0.2) is 40.4 Å². The Bertz CT molecular complexity index is 829. The molecule has 0 aliphatic rings. The molecule has 130 valence electrons. The number of hydrogen-bond donors (Lipinski definition) is 0. The third-order valence-electron chi connectivity index (χ3n) is 3.36. The average molecular weight is 390 g/mol. The van der Waals surface area contributed by atoms with E-state index in [1.54, 1.807) is 7.05 Å². The third-order valence-corrected chi connectivity index (χ3v) is 5.42. The van der Waals surface area contributed by atoms with Gasteiger partial charge < -0.3 is 4.90 Å². The number of nitrogens with zero attached hydrogens (tertiary/aromatic N) is 3. The molecule has 2 rings (SSSR count). The zero-order chi connectivity index (χ0) is 17.9. The highest BCUT2D eigenvalue weighted by Gasteiger charge is 2.23. The van der Waals surface area contributed by atoms with Gasteiger partial charge in [-0.05, 0) is 30.7 Å². The Kier molecular flexibility index (Phi) is 5.90. The van der Waals surface area contributed by atoms with Crippen molar-refractivity contribution in [3.8, 4) is 0 Å². The molecule has 0 atom stereocenters. The van der Waals surface area contributed by atoms with Crippen LogP contribution >= 0.6 is 23.2 Å². The maximum Gasteiger partial charge on any atom is 0.344 e. The summed E-state index contributed by atoms with van der Waals surface area (Å²) >= 11 is 11.7. The van der Waals surface area contributed by atoms with Gasteiger partial charge in [-0.1, -0.05) is 36.5 Å². The molecule has 1 aromatic carbocycles. The predicted molar refractivity (Wildman–Crippen MR) is 92.5 cm³/mol. The van der Waals surface area contributed by atoms with Crippen molar-refractivity contribution in [1.29, 1.82) is 0 Å². The lowest BCUT2D eigenvalue weighted by Gasteiger charge is -2.15. The molecular weight excluding hydrogens is 373 g/mol. The molecule has 0 saturated carbocycles. The quantitative estimate of drug-likeness (QED) is 0.780. The highest BCUT2D eigenvalue weighted by molar-refractivity contribution is 7.91. The van der Waals surface area contributed by atoms with E-state index in [9.17, 15) is 13.2 Å². The van der Waals surface area contributed by atoms with E-state index < -0.39 is 15.9 Å². The Morgan fingerprint density at radius 3 is 2.46 bits per heavy atom. The number of amides is 1. The van der Waals surface area contributed by atoms with Crippen LogP contribution < -0.4 is 0 Å². The minimum Gasteiger partial charge on any atom is -0.326 e. The number of carbonyl (C=O) groups excluding carboxylic acids is 1. The van der Waals surface area contributed by atoms with Crippen LogP contribution in [0, 0.1) is 0 Å². The van der Waals surface area contributed by atoms with E-state index in [0.29, 0.717) is 6.54 Å². The molecule has 0 radical (unpaired) electrons. The first-order chi connectivity index (χ1) is 11.3. The zero-order valence-corrected chi connectivity index (χ0v) is 15.6. The van der Waals surface area contributed by atoms with Crippen LogP contribution in [0.3, 0.4) is 0 Å². The number of halogens is 2. The number of benzene rings is 1. The molecule has 1 heterocycles. The SMILES string of the molecule is CCCCN(C)C(=O)n1ccc(S(=O)(=O)c2cc(Cl)cc(Cl)c2)n1. The van der Waals surface area contributed by atoms with Crippen molar-refractivity contribution in [2.24, 2.45) is 0 Å². The van der Waals surface area contributed by atoms with Crippen molar-refractivity contribution in [1.82, 2.24) is 14.7 Å². The van der Waals surface area contributed by atoms with Gasteiger partial charge in [0.25, 0.3) is 0 Å². The van der Waals surface area contributed by atoms with Gasteiger partial charge in [0.2, 0.25) is 9.84 Å². The summed E-state index contributed by atoms with van der Waals surface area (Å²) in [5.74, 6) is 0. The second-order valence-corrected chi connectivity index (χ2v) is 8.03. The molecule has 2 aromatic rings. The Balaban J connectivity index is 2.30. The highest BCUT2D eigenvalue weighted by Crippen LogP contribution is 2.26. The monoisotopic (exact) mass is 389 g/mol. The minimum absolute atomic E-state index is 0.0722. The van der Waals surface area contributed by atoms with Gasteiger partial charge >= 0.3 is 6.03 Å². The van der Waals surface area contributed by atoms with Gasteiger partial charge in [0.1, 0.15) is 0 Å². The summed E-state index contributed by atoms with van der Waals surface area (Å²) in [6.45, 7) is 2.59. The van der Waals surface area contributed by atoms with Crippen LogP contribution in [0.5, 0.6) is 0 Å². The first kappa shape index (κ1) is 18.8. The first-order valence-corrected chi connectivity index (χ1v) is 9.52. The van der Waals surface area contributed by atoms with Crippen molar-refractivity contribution in [3.63, 3.8) is 0 Å². The Morgan fingerprint density at radius 2 is 1.88 bits per heavy atom. The minimum atomic E-state index is -3.91. The summed E-state index contributed by atoms with van der Waals surface area (Å²) < 4.78 is 26.2. The van der Waals surface area contributed by atoms with Gasteiger partial charge in [-0.25, -0.2) is 13.2 Å². The van der Waals surface area contributed by atoms with Crippen LogP contribution in [-0.2, 0) is 9.84 Å². The van der Waals surface area contributed by atoms with Crippen molar-refractivity contribution < 1.29 is 13.2 Å². The topological polar surface area (TPSA) is 72.3 Å². The third kappa shape index (κ3) is 4.09. The fourth-order valence-corrected chi connectivity index (χ4v) is 3.92. The lowest BCUT2D eigenvalue weighted by atomic mass is 10.3. The molecule has 0 aliphatic heterocycles. The molecule has 0 unspecified atom stereocenters. The largest absolute Gasteiger partial charge is 0.344 e. The van der Waals surface area contributed by atoms with Crippen LogP contribution in [-0.4, -0.2) is 42.7 Å². The summed E-state index contributed by atoms with van der Waals surface area (Å²) in [7, 11) is -2.27. The van der Waals surface area contributed by atoms with Gasteiger partial charge in [0.05, 0.1) is 4.90 Å². The van der Waals surface area contributed by atoms with Gasteiger partial charge in [-0.3, -0.25) is 0 Å². The van der Waals surface area contributed by atoms with E-state index in [4.69, 9.17) is 23.2 Å². The molecule has 0 bridgehead atoms. The lowest BCUT2D eigenvalue weighted by molar-refractivity contribution is 0.206. The molecule has 24 heavy (non-hydrogen) atoms. The van der Waals surface area contributed by atoms with Crippen molar-refractivity contribution >= 4 is 39.1 Å². The number of sulfone groups is 1. The number of hydrogen-bond acceptors (Lipinski definition) is 4. The van der Waals surface area contributed by atoms with Crippen LogP contribution in [0.2, 0.25) is 10.0 Å². The smallest absolute Gasteiger partial charge is 0.326 e. The molecule has 0 aliphatic carbocycles. The van der Waals surface area contributed by atoms with Crippen molar-refractivity contribution in [2.75, 3.05) is 13.6 Å². The lowest BCUT2D eigenvalue weighted by Crippen LogP contribution is -2.32. The first-order valence-electron chi connectivity index (χ1n) is 7.28. The standard InChI is InChI=1S/C15H17Cl2N3O3S/c1-3-4-6-19(2)15(21)20-7-5-14(18-20)24(22,23)13-9-11(16)8-12(17)10-13/h5,7-10H,3-4,6H2,1-2H3. The van der Waals surface area contributed by atoms with Gasteiger partial charge in [0.15, 0.2) is 5.03 Å². The summed E-state index contributed by atoms with van der Waals surface area (Å²) in [5.41, 5.74) is 0. The van der Waals surface area contributed by atoms with E-state index >= 15 is 0 Å². The molecule has 1 amide bonds. The van der Waals surface area contributed by atoms with Gasteiger partial charge in [-0.2, -0.15) is 9.78 Å². The van der Waals surface area contributed by atoms with Gasteiger partial charge in [-0.15, -0.1) is 0 Å². The van der Waals surface area contributed by atoms with Gasteiger partial charge in [0, 0.05) is 29.8 Å². The van der Waals surface area contributed by atoms with E-state index in [1.165, 1.54) is 35.4 Å². The van der Waals surface area contributed by atoms with E-state index in [2.05, 4.69) is 5.10 Å². The number of unbranched alkanes of at least 4 members (excludes halogenated alkanes) is 1. The molecular formula is C15H17Cl2N3O3S. The second-order valence-electron chi connectivity index (χ2n) is 5.26. The maximum absolute atomic E-state index is 12.6. The zero-order valence-electron chi connectivity index (χ0n) is 13.2. The fourth-order valence-electron chi connectivity index (χ4n) is 2.03. The molecule has 6 nitrogen and oxygen atoms in total. The fraction of sp³-hybridized carbons (Fsp3) is 0.333. The normalized spacial score (nSPS) is 11.5. The number of rotatable bonds is 5. The highest BCUT2D eigenvalue weighted by atomic mass is 35.5. The number of aromatic nitrogens is 2. The average Bonchev–Trinajstić information content (AvgIpc) is 3.01. The van der Waals surface area contributed by atoms with Crippen LogP contribution in [0.1, 0.15) is 19.8 Å². The van der Waals surface area contributed by atoms with Crippen molar-refractivity contribution in [3.05, 3.63) is 40.5 Å². The van der Waals surface area contributed by atoms with Crippen LogP contribution in [0.4, 0.5) is 4.79 Å². The molecule has 1 aromatic heterocycles. The van der Waals surface area contributed by atoms with E-state index in [0.717, 1.165) is 17.5 Å². The van der Waals surface area contributed by atoms with Crippen molar-refractivity contribution in [2.45, 2.75) is 29.7 Å². The summed E-state index contributed by atoms with van der Waals surface area (Å²) in [6, 6.07) is 4.89. The summed E-state index contributed by atoms with van der Waals surface area (Å²) in [6.07, 6.45) is 3.13. The Labute approximate surface area is 150 Å². The van der Waals surface area contributed by atoms with E-state index in [1.807, 2.05) is 6.92 Å². The molecule has 0 fully saturated rings. The van der Waals surface area contributed by atoms with E-state index in [-0.39, 0.29) is 20.0 Å². The maximum atomic E-state index is 12.6. The Morgan fingerprint density at radius 1 is 1.25 bits per heavy atom. The Hall–Kier alpha value is -1.57.